The molecule has 0 saturated heterocycles. The Morgan fingerprint density at radius 1 is 1.40 bits per heavy atom. The lowest BCUT2D eigenvalue weighted by atomic mass is 10.0. The average molecular weight is 239 g/mol. The molecule has 84 valence electrons. The molecule has 0 spiro atoms. The summed E-state index contributed by atoms with van der Waals surface area (Å²) in [4.78, 5) is 3.67. The monoisotopic (exact) mass is 238 g/mol. The Morgan fingerprint density at radius 3 is 2.33 bits per heavy atom. The number of hydrogen-bond acceptors (Lipinski definition) is 2. The van der Waals surface area contributed by atoms with Crippen molar-refractivity contribution in [3.63, 3.8) is 0 Å². The number of nitrogen functional groups attached to an aromatic ring is 1. The fourth-order valence-corrected chi connectivity index (χ4v) is 1.57. The highest BCUT2D eigenvalue weighted by Crippen LogP contribution is 2.39. The minimum Gasteiger partial charge on any atom is -0.384 e. The van der Waals surface area contributed by atoms with Gasteiger partial charge in [-0.2, -0.15) is 13.2 Å². The van der Waals surface area contributed by atoms with Crippen LogP contribution in [0.2, 0.25) is 5.02 Å². The van der Waals surface area contributed by atoms with Gasteiger partial charge >= 0.3 is 6.18 Å². The molecule has 0 radical (unpaired) electrons. The van der Waals surface area contributed by atoms with E-state index >= 15 is 0 Å². The summed E-state index contributed by atoms with van der Waals surface area (Å²) in [5.74, 6) is -0.390. The molecule has 0 bridgehead atoms. The molecule has 2 N–H and O–H groups in total. The van der Waals surface area contributed by atoms with Crippen molar-refractivity contribution in [3.8, 4) is 0 Å². The Bertz CT molecular complexity index is 374. The molecule has 0 aromatic carbocycles. The van der Waals surface area contributed by atoms with E-state index in [1.807, 2.05) is 0 Å². The predicted octanol–water partition coefficient (Wildman–Crippen LogP) is 3.46. The molecule has 1 aromatic rings. The lowest BCUT2D eigenvalue weighted by Gasteiger charge is -2.16. The van der Waals surface area contributed by atoms with Crippen LogP contribution in [0, 0.1) is 0 Å². The van der Waals surface area contributed by atoms with Gasteiger partial charge in [-0.3, -0.25) is 0 Å². The maximum atomic E-state index is 12.6. The minimum atomic E-state index is -4.50. The van der Waals surface area contributed by atoms with E-state index in [-0.39, 0.29) is 17.4 Å². The maximum absolute atomic E-state index is 12.6. The van der Waals surface area contributed by atoms with Gasteiger partial charge in [-0.15, -0.1) is 0 Å². The van der Waals surface area contributed by atoms with Gasteiger partial charge in [-0.1, -0.05) is 25.4 Å². The second-order valence-electron chi connectivity index (χ2n) is 3.44. The highest BCUT2D eigenvalue weighted by molar-refractivity contribution is 6.31. The zero-order valence-electron chi connectivity index (χ0n) is 8.19. The molecule has 0 fully saturated rings. The van der Waals surface area contributed by atoms with Crippen LogP contribution >= 0.6 is 11.6 Å². The van der Waals surface area contributed by atoms with Crippen LogP contribution in [0.15, 0.2) is 6.07 Å². The summed E-state index contributed by atoms with van der Waals surface area (Å²) >= 11 is 5.52. The lowest BCUT2D eigenvalue weighted by molar-refractivity contribution is -0.138. The fourth-order valence-electron chi connectivity index (χ4n) is 1.25. The Hall–Kier alpha value is -0.970. The molecule has 0 unspecified atom stereocenters. The van der Waals surface area contributed by atoms with Crippen molar-refractivity contribution >= 4 is 17.4 Å². The molecule has 0 saturated carbocycles. The summed E-state index contributed by atoms with van der Waals surface area (Å²) in [6.07, 6.45) is -4.50. The summed E-state index contributed by atoms with van der Waals surface area (Å²) in [5, 5.41) is -0.404. The van der Waals surface area contributed by atoms with Crippen LogP contribution in [0.25, 0.3) is 0 Å². The summed E-state index contributed by atoms with van der Waals surface area (Å²) in [6, 6.07) is 1.01. The summed E-state index contributed by atoms with van der Waals surface area (Å²) in [5.41, 5.74) is 4.33. The van der Waals surface area contributed by atoms with Gasteiger partial charge in [0.2, 0.25) is 0 Å². The number of hydrogen-bond donors (Lipinski definition) is 1. The summed E-state index contributed by atoms with van der Waals surface area (Å²) in [7, 11) is 0. The first kappa shape index (κ1) is 12.1. The summed E-state index contributed by atoms with van der Waals surface area (Å²) < 4.78 is 37.9. The molecule has 6 heteroatoms. The van der Waals surface area contributed by atoms with Gasteiger partial charge in [-0.25, -0.2) is 4.98 Å². The maximum Gasteiger partial charge on any atom is 0.419 e. The number of nitrogens with zero attached hydrogens (tertiary/aromatic N) is 1. The van der Waals surface area contributed by atoms with Crippen molar-refractivity contribution < 1.29 is 13.2 Å². The van der Waals surface area contributed by atoms with E-state index in [9.17, 15) is 13.2 Å². The standard InChI is InChI=1S/C9H10ClF3N2/c1-4(2)8-7(9(11,12)13)5(10)3-6(14)15-8/h3-4H,1-2H3,(H2,14,15). The van der Waals surface area contributed by atoms with Crippen LogP contribution in [0.3, 0.4) is 0 Å². The van der Waals surface area contributed by atoms with Crippen molar-refractivity contribution in [2.24, 2.45) is 0 Å². The molecule has 1 rings (SSSR count). The Kier molecular flexibility index (Phi) is 3.13. The van der Waals surface area contributed by atoms with Crippen molar-refractivity contribution in [2.75, 3.05) is 5.73 Å². The average Bonchev–Trinajstić information content (AvgIpc) is 1.99. The number of rotatable bonds is 1. The van der Waals surface area contributed by atoms with E-state index in [0.29, 0.717) is 0 Å². The number of anilines is 1. The third-order valence-corrected chi connectivity index (χ3v) is 2.15. The molecule has 1 aromatic heterocycles. The van der Waals surface area contributed by atoms with E-state index in [4.69, 9.17) is 17.3 Å². The third kappa shape index (κ3) is 2.53. The SMILES string of the molecule is CC(C)c1nc(N)cc(Cl)c1C(F)(F)F. The van der Waals surface area contributed by atoms with Crippen LogP contribution in [0.4, 0.5) is 19.0 Å². The van der Waals surface area contributed by atoms with Gasteiger partial charge in [0.05, 0.1) is 16.3 Å². The van der Waals surface area contributed by atoms with E-state index in [2.05, 4.69) is 4.98 Å². The smallest absolute Gasteiger partial charge is 0.384 e. The van der Waals surface area contributed by atoms with Crippen molar-refractivity contribution in [1.82, 2.24) is 4.98 Å². The van der Waals surface area contributed by atoms with Gasteiger partial charge in [0.25, 0.3) is 0 Å². The van der Waals surface area contributed by atoms with Crippen molar-refractivity contribution in [3.05, 3.63) is 22.3 Å². The first-order valence-electron chi connectivity index (χ1n) is 4.26. The minimum absolute atomic E-state index is 0.00306. The van der Waals surface area contributed by atoms with Gasteiger partial charge in [0.15, 0.2) is 0 Å². The topological polar surface area (TPSA) is 38.9 Å². The zero-order chi connectivity index (χ0) is 11.8. The largest absolute Gasteiger partial charge is 0.419 e. The fraction of sp³-hybridized carbons (Fsp3) is 0.444. The Labute approximate surface area is 90.3 Å². The number of alkyl halides is 3. The first-order chi connectivity index (χ1) is 6.73. The second kappa shape index (κ2) is 3.89. The number of pyridine rings is 1. The lowest BCUT2D eigenvalue weighted by Crippen LogP contribution is -2.14. The van der Waals surface area contributed by atoms with E-state index in [0.717, 1.165) is 6.07 Å². The van der Waals surface area contributed by atoms with Crippen LogP contribution < -0.4 is 5.73 Å². The molecule has 0 aliphatic carbocycles. The predicted molar refractivity (Wildman–Crippen MR) is 52.8 cm³/mol. The normalized spacial score (nSPS) is 12.2. The molecule has 15 heavy (non-hydrogen) atoms. The van der Waals surface area contributed by atoms with Gasteiger partial charge in [-0.05, 0) is 12.0 Å². The van der Waals surface area contributed by atoms with Gasteiger partial charge in [0, 0.05) is 0 Å². The molecular weight excluding hydrogens is 229 g/mol. The molecule has 0 amide bonds. The Balaban J connectivity index is 3.48. The van der Waals surface area contributed by atoms with E-state index < -0.39 is 16.8 Å². The van der Waals surface area contributed by atoms with Crippen LogP contribution in [-0.2, 0) is 6.18 Å². The quantitative estimate of drug-likeness (QED) is 0.814. The van der Waals surface area contributed by atoms with Crippen LogP contribution in [-0.4, -0.2) is 4.98 Å². The van der Waals surface area contributed by atoms with Crippen molar-refractivity contribution in [1.29, 1.82) is 0 Å². The van der Waals surface area contributed by atoms with Crippen molar-refractivity contribution in [2.45, 2.75) is 25.9 Å². The summed E-state index contributed by atoms with van der Waals surface area (Å²) in [6.45, 7) is 3.21. The van der Waals surface area contributed by atoms with Gasteiger partial charge in [0.1, 0.15) is 5.82 Å². The van der Waals surface area contributed by atoms with Crippen LogP contribution in [0.1, 0.15) is 31.0 Å². The van der Waals surface area contributed by atoms with E-state index in [1.54, 1.807) is 13.8 Å². The van der Waals surface area contributed by atoms with Crippen LogP contribution in [0.5, 0.6) is 0 Å². The first-order valence-corrected chi connectivity index (χ1v) is 4.64. The molecule has 0 atom stereocenters. The van der Waals surface area contributed by atoms with E-state index in [1.165, 1.54) is 0 Å². The highest BCUT2D eigenvalue weighted by atomic mass is 35.5. The number of halogens is 4. The molecular formula is C9H10ClF3N2. The molecule has 0 aliphatic heterocycles. The zero-order valence-corrected chi connectivity index (χ0v) is 8.95. The second-order valence-corrected chi connectivity index (χ2v) is 3.85. The molecule has 1 heterocycles. The molecule has 2 nitrogen and oxygen atoms in total. The number of nitrogens with two attached hydrogens (primary N) is 1. The highest BCUT2D eigenvalue weighted by Gasteiger charge is 2.37. The number of aromatic nitrogens is 1. The Morgan fingerprint density at radius 2 is 1.93 bits per heavy atom. The van der Waals surface area contributed by atoms with Gasteiger partial charge < -0.3 is 5.73 Å². The molecule has 0 aliphatic rings. The third-order valence-electron chi connectivity index (χ3n) is 1.85.